The van der Waals surface area contributed by atoms with Crippen LogP contribution < -0.4 is 0 Å². The van der Waals surface area contributed by atoms with E-state index in [2.05, 4.69) is 34.6 Å². The number of aliphatic hydroxyl groups is 3. The summed E-state index contributed by atoms with van der Waals surface area (Å²) in [5, 5.41) is 34.1. The van der Waals surface area contributed by atoms with E-state index in [1.54, 1.807) is 13.8 Å². The molecule has 7 fully saturated rings. The molecule has 9 heteroatoms. The number of carbonyl (C=O) groups excluding carboxylic acids is 1. The minimum absolute atomic E-state index is 0.0198. The minimum Gasteiger partial charge on any atom is -0.390 e. The quantitative estimate of drug-likeness (QED) is 0.391. The normalized spacial score (nSPS) is 50.9. The average Bonchev–Trinajstić information content (AvgIpc) is 3.62. The Hall–Kier alpha value is -0.810. The molecule has 268 valence electrons. The number of likely N-dealkylation sites (N-methyl/N-ethyl adjacent to an activating group) is 1. The van der Waals surface area contributed by atoms with Gasteiger partial charge in [-0.1, -0.05) is 34.6 Å². The summed E-state index contributed by atoms with van der Waals surface area (Å²) in [4.78, 5) is 16.6. The van der Waals surface area contributed by atoms with Crippen LogP contribution in [0.3, 0.4) is 0 Å². The zero-order chi connectivity index (χ0) is 34.1. The molecule has 47 heavy (non-hydrogen) atoms. The van der Waals surface area contributed by atoms with Crippen LogP contribution in [0.25, 0.3) is 0 Å². The highest BCUT2D eigenvalue weighted by Crippen LogP contribution is 2.89. The van der Waals surface area contributed by atoms with Crippen molar-refractivity contribution in [1.82, 2.24) is 9.80 Å². The van der Waals surface area contributed by atoms with Crippen LogP contribution in [0.1, 0.15) is 99.8 Å². The maximum absolute atomic E-state index is 12.8. The molecule has 3 N–H and O–H groups in total. The molecule has 1 amide bonds. The molecule has 0 bridgehead atoms. The van der Waals surface area contributed by atoms with Gasteiger partial charge in [0.2, 0.25) is 5.91 Å². The summed E-state index contributed by atoms with van der Waals surface area (Å²) >= 11 is 0. The molecular formula is C38H64N2O7. The number of aliphatic hydroxyl groups excluding tert-OH is 2. The number of morpholine rings is 1. The van der Waals surface area contributed by atoms with Gasteiger partial charge in [-0.3, -0.25) is 4.79 Å². The summed E-state index contributed by atoms with van der Waals surface area (Å²) in [6, 6.07) is 0. The fraction of sp³-hybridized carbons (Fsp3) is 0.974. The maximum Gasteiger partial charge on any atom is 0.236 e. The van der Waals surface area contributed by atoms with Gasteiger partial charge in [0.15, 0.2) is 6.29 Å². The number of amides is 1. The van der Waals surface area contributed by atoms with Crippen molar-refractivity contribution in [1.29, 1.82) is 0 Å². The van der Waals surface area contributed by atoms with Crippen LogP contribution in [0.15, 0.2) is 0 Å². The molecule has 2 heterocycles. The number of hydrogen-bond donors (Lipinski definition) is 3. The lowest BCUT2D eigenvalue weighted by Crippen LogP contribution is -2.60. The molecule has 9 nitrogen and oxygen atoms in total. The molecule has 2 saturated heterocycles. The highest BCUT2D eigenvalue weighted by molar-refractivity contribution is 5.78. The first kappa shape index (κ1) is 34.6. The van der Waals surface area contributed by atoms with Gasteiger partial charge in [-0.25, -0.2) is 0 Å². The lowest BCUT2D eigenvalue weighted by Gasteiger charge is -2.64. The fourth-order valence-corrected chi connectivity index (χ4v) is 13.7. The van der Waals surface area contributed by atoms with Crippen LogP contribution in [-0.4, -0.2) is 114 Å². The van der Waals surface area contributed by atoms with E-state index >= 15 is 0 Å². The predicted molar refractivity (Wildman–Crippen MR) is 178 cm³/mol. The zero-order valence-corrected chi connectivity index (χ0v) is 30.6. The van der Waals surface area contributed by atoms with E-state index in [1.807, 2.05) is 23.9 Å². The van der Waals surface area contributed by atoms with Gasteiger partial charge >= 0.3 is 0 Å². The molecule has 2 aliphatic heterocycles. The molecule has 7 aliphatic rings. The Bertz CT molecular complexity index is 1240. The van der Waals surface area contributed by atoms with Crippen molar-refractivity contribution in [3.8, 4) is 0 Å². The van der Waals surface area contributed by atoms with Crippen LogP contribution in [0, 0.1) is 50.7 Å². The summed E-state index contributed by atoms with van der Waals surface area (Å²) in [6.07, 6.45) is 6.00. The van der Waals surface area contributed by atoms with Crippen molar-refractivity contribution in [3.63, 3.8) is 0 Å². The summed E-state index contributed by atoms with van der Waals surface area (Å²) in [5.41, 5.74) is -1.07. The number of fused-ring (bicyclic) bond motifs is 4. The molecule has 5 saturated carbocycles. The van der Waals surface area contributed by atoms with Crippen molar-refractivity contribution in [2.75, 3.05) is 40.3 Å². The number of hydrogen-bond acceptors (Lipinski definition) is 8. The van der Waals surface area contributed by atoms with Crippen LogP contribution >= 0.6 is 0 Å². The third-order valence-electron chi connectivity index (χ3n) is 16.0. The second-order valence-electron chi connectivity index (χ2n) is 19.2. The largest absolute Gasteiger partial charge is 0.390 e. The highest BCUT2D eigenvalue weighted by Gasteiger charge is 2.84. The number of rotatable bonds is 6. The van der Waals surface area contributed by atoms with Crippen LogP contribution in [-0.2, 0) is 19.0 Å². The number of ether oxygens (including phenoxy) is 3. The van der Waals surface area contributed by atoms with Crippen LogP contribution in [0.5, 0.6) is 0 Å². The molecule has 0 radical (unpaired) electrons. The monoisotopic (exact) mass is 660 g/mol. The molecular weight excluding hydrogens is 596 g/mol. The second-order valence-corrected chi connectivity index (χ2v) is 19.2. The lowest BCUT2D eigenvalue weighted by atomic mass is 9.41. The Balaban J connectivity index is 1.10. The predicted octanol–water partition coefficient (Wildman–Crippen LogP) is 4.06. The summed E-state index contributed by atoms with van der Waals surface area (Å²) < 4.78 is 19.6. The average molecular weight is 661 g/mol. The second kappa shape index (κ2) is 11.1. The Kier molecular flexibility index (Phi) is 8.17. The van der Waals surface area contributed by atoms with Gasteiger partial charge in [0.1, 0.15) is 6.10 Å². The molecule has 14 atom stereocenters. The van der Waals surface area contributed by atoms with E-state index in [0.29, 0.717) is 50.4 Å². The van der Waals surface area contributed by atoms with E-state index in [1.165, 1.54) is 12.8 Å². The van der Waals surface area contributed by atoms with Gasteiger partial charge in [0, 0.05) is 12.0 Å². The van der Waals surface area contributed by atoms with Crippen molar-refractivity contribution in [3.05, 3.63) is 0 Å². The van der Waals surface area contributed by atoms with E-state index in [0.717, 1.165) is 32.1 Å². The number of nitrogens with zero attached hydrogens (tertiary/aromatic N) is 2. The van der Waals surface area contributed by atoms with Gasteiger partial charge in [-0.05, 0) is 125 Å². The molecule has 0 aromatic rings. The van der Waals surface area contributed by atoms with Gasteiger partial charge in [-0.2, -0.15) is 0 Å². The van der Waals surface area contributed by atoms with Gasteiger partial charge in [-0.15, -0.1) is 0 Å². The van der Waals surface area contributed by atoms with Gasteiger partial charge < -0.3 is 39.3 Å². The van der Waals surface area contributed by atoms with Crippen LogP contribution in [0.4, 0.5) is 0 Å². The van der Waals surface area contributed by atoms with Crippen molar-refractivity contribution < 1.29 is 34.3 Å². The molecule has 4 unspecified atom stereocenters. The Morgan fingerprint density at radius 2 is 1.74 bits per heavy atom. The summed E-state index contributed by atoms with van der Waals surface area (Å²) in [6.45, 7) is 17.3. The standard InChI is InChI=1S/C38H64N2O7/c1-22-18-23(31(42)34(4,5)44)46-30-29(22)35(6)14-15-38-21-37(38)13-12-26(47-28-20-40(16-17-45-28)27(41)19-39(8)9)33(2,3)24(37)10-11-25(38)36(35,7)32(30)43/h22-26,28-32,42-44H,10-21H2,1-9H3/t22-,23-,24+,25+,26?,28?,29?,30+,31+,32+,35-,36-,37?,38+/m1/s1. The van der Waals surface area contributed by atoms with Crippen molar-refractivity contribution in [2.24, 2.45) is 50.7 Å². The molecule has 0 aromatic carbocycles. The molecule has 0 aromatic heterocycles. The first-order valence-corrected chi connectivity index (χ1v) is 18.8. The first-order chi connectivity index (χ1) is 21.8. The fourth-order valence-electron chi connectivity index (χ4n) is 13.7. The Morgan fingerprint density at radius 3 is 2.43 bits per heavy atom. The molecule has 7 rings (SSSR count). The smallest absolute Gasteiger partial charge is 0.236 e. The molecule has 2 spiro atoms. The maximum atomic E-state index is 12.8. The van der Waals surface area contributed by atoms with Gasteiger partial charge in [0.25, 0.3) is 0 Å². The van der Waals surface area contributed by atoms with E-state index in [4.69, 9.17) is 14.2 Å². The van der Waals surface area contributed by atoms with E-state index in [-0.39, 0.29) is 57.4 Å². The SMILES string of the molecule is C[C@@H]1C[C@H]([C@H](O)C(C)(C)O)O[C@H]2C1[C@@]1(C)CC[C@@]34CC35CCC(OC3CN(C(=O)CN(C)C)CCO3)C(C)(C)[C@@H]5CC[C@H]4[C@]1(C)[C@H]2O. The topological polar surface area (TPSA) is 112 Å². The van der Waals surface area contributed by atoms with Crippen molar-refractivity contribution in [2.45, 2.75) is 142 Å². The first-order valence-electron chi connectivity index (χ1n) is 18.8. The summed E-state index contributed by atoms with van der Waals surface area (Å²) in [5.74, 6) is 1.64. The minimum atomic E-state index is -1.26. The van der Waals surface area contributed by atoms with Gasteiger partial charge in [0.05, 0.1) is 49.7 Å². The third-order valence-corrected chi connectivity index (χ3v) is 16.0. The summed E-state index contributed by atoms with van der Waals surface area (Å²) in [7, 11) is 3.85. The Morgan fingerprint density at radius 1 is 1.06 bits per heavy atom. The number of carbonyl (C=O) groups is 1. The van der Waals surface area contributed by atoms with Crippen LogP contribution in [0.2, 0.25) is 0 Å². The third kappa shape index (κ3) is 4.75. The lowest BCUT2D eigenvalue weighted by molar-refractivity contribution is -0.248. The molecule has 5 aliphatic carbocycles. The van der Waals surface area contributed by atoms with E-state index < -0.39 is 23.9 Å². The zero-order valence-electron chi connectivity index (χ0n) is 30.6. The van der Waals surface area contributed by atoms with Crippen molar-refractivity contribution >= 4 is 5.91 Å². The Labute approximate surface area is 283 Å². The highest BCUT2D eigenvalue weighted by atomic mass is 16.7. The van der Waals surface area contributed by atoms with E-state index in [9.17, 15) is 20.1 Å².